The number of carbonyl (C=O) groups is 1. The molecule has 19 heavy (non-hydrogen) atoms. The Balaban J connectivity index is 2.15. The summed E-state index contributed by atoms with van der Waals surface area (Å²) in [6.07, 6.45) is 3.19. The van der Waals surface area contributed by atoms with Crippen LogP contribution in [0.15, 0.2) is 36.7 Å². The summed E-state index contributed by atoms with van der Waals surface area (Å²) in [6, 6.07) is 7.90. The van der Waals surface area contributed by atoms with E-state index in [2.05, 4.69) is 5.10 Å². The number of aromatic nitrogens is 2. The summed E-state index contributed by atoms with van der Waals surface area (Å²) in [4.78, 5) is 14.0. The van der Waals surface area contributed by atoms with Crippen molar-refractivity contribution in [3.05, 3.63) is 42.2 Å². The monoisotopic (exact) mass is 258 g/mol. The maximum atomic E-state index is 12.3. The van der Waals surface area contributed by atoms with Gasteiger partial charge >= 0.3 is 0 Å². The number of amides is 1. The Hall–Kier alpha value is -2.30. The molecule has 0 fully saturated rings. The molecule has 100 valence electrons. The minimum absolute atomic E-state index is 0.00352. The van der Waals surface area contributed by atoms with Crippen LogP contribution in [0, 0.1) is 6.92 Å². The number of benzene rings is 1. The first kappa shape index (κ1) is 13.1. The first-order chi connectivity index (χ1) is 9.10. The Kier molecular flexibility index (Phi) is 3.85. The van der Waals surface area contributed by atoms with Crippen molar-refractivity contribution in [1.29, 1.82) is 0 Å². The highest BCUT2D eigenvalue weighted by Gasteiger charge is 2.14. The van der Waals surface area contributed by atoms with E-state index in [1.807, 2.05) is 38.1 Å². The topological polar surface area (TPSA) is 64.2 Å². The van der Waals surface area contributed by atoms with E-state index in [9.17, 15) is 4.79 Å². The maximum Gasteiger partial charge on any atom is 0.248 e. The molecule has 0 aliphatic carbocycles. The molecule has 0 atom stereocenters. The van der Waals surface area contributed by atoms with Crippen LogP contribution >= 0.6 is 0 Å². The van der Waals surface area contributed by atoms with Gasteiger partial charge in [-0.3, -0.25) is 9.48 Å². The van der Waals surface area contributed by atoms with Gasteiger partial charge in [0.1, 0.15) is 6.54 Å². The normalized spacial score (nSPS) is 10.4. The molecule has 5 nitrogen and oxygen atoms in total. The number of carbonyl (C=O) groups excluding carboxylic acids is 1. The molecule has 0 radical (unpaired) electrons. The molecular weight excluding hydrogens is 240 g/mol. The number of nitrogens with two attached hydrogens (primary N) is 1. The van der Waals surface area contributed by atoms with Crippen LogP contribution in [0.4, 0.5) is 11.4 Å². The Morgan fingerprint density at radius 1 is 1.47 bits per heavy atom. The molecule has 1 aromatic carbocycles. The molecule has 0 unspecified atom stereocenters. The van der Waals surface area contributed by atoms with Crippen LogP contribution in [0.1, 0.15) is 12.5 Å². The molecule has 2 rings (SSSR count). The lowest BCUT2D eigenvalue weighted by molar-refractivity contribution is -0.119. The lowest BCUT2D eigenvalue weighted by Crippen LogP contribution is -2.33. The summed E-state index contributed by atoms with van der Waals surface area (Å²) < 4.78 is 1.55. The van der Waals surface area contributed by atoms with Crippen molar-refractivity contribution in [2.45, 2.75) is 20.4 Å². The van der Waals surface area contributed by atoms with Crippen molar-refractivity contribution >= 4 is 17.3 Å². The van der Waals surface area contributed by atoms with Crippen LogP contribution in [0.2, 0.25) is 0 Å². The van der Waals surface area contributed by atoms with Crippen molar-refractivity contribution in [2.75, 3.05) is 17.2 Å². The third kappa shape index (κ3) is 3.13. The van der Waals surface area contributed by atoms with Crippen molar-refractivity contribution in [1.82, 2.24) is 9.78 Å². The Morgan fingerprint density at radius 3 is 2.84 bits per heavy atom. The number of hydrogen-bond acceptors (Lipinski definition) is 3. The SMILES string of the molecule is CCN(C(=O)Cn1cc(N)cn1)c1cccc(C)c1. The summed E-state index contributed by atoms with van der Waals surface area (Å²) in [7, 11) is 0. The molecule has 2 aromatic rings. The lowest BCUT2D eigenvalue weighted by atomic mass is 10.2. The Labute approximate surface area is 112 Å². The van der Waals surface area contributed by atoms with E-state index in [0.29, 0.717) is 12.2 Å². The maximum absolute atomic E-state index is 12.3. The number of rotatable bonds is 4. The van der Waals surface area contributed by atoms with Crippen LogP contribution in [-0.2, 0) is 11.3 Å². The molecule has 0 aliphatic rings. The van der Waals surface area contributed by atoms with Crippen molar-refractivity contribution < 1.29 is 4.79 Å². The Bertz CT molecular complexity index is 576. The van der Waals surface area contributed by atoms with E-state index in [1.165, 1.54) is 6.20 Å². The zero-order chi connectivity index (χ0) is 13.8. The van der Waals surface area contributed by atoms with Gasteiger partial charge in [0, 0.05) is 18.4 Å². The standard InChI is InChI=1S/C14H18N4O/c1-3-18(13-6-4-5-11(2)7-13)14(19)10-17-9-12(15)8-16-17/h4-9H,3,10,15H2,1-2H3. The van der Waals surface area contributed by atoms with Crippen LogP contribution in [-0.4, -0.2) is 22.2 Å². The minimum atomic E-state index is -0.00352. The van der Waals surface area contributed by atoms with Gasteiger partial charge in [-0.05, 0) is 31.5 Å². The van der Waals surface area contributed by atoms with Crippen LogP contribution < -0.4 is 10.6 Å². The summed E-state index contributed by atoms with van der Waals surface area (Å²) in [5.74, 6) is -0.00352. The second-order valence-electron chi connectivity index (χ2n) is 4.45. The van der Waals surface area contributed by atoms with Gasteiger partial charge in [-0.15, -0.1) is 0 Å². The third-order valence-corrected chi connectivity index (χ3v) is 2.88. The second kappa shape index (κ2) is 5.56. The predicted molar refractivity (Wildman–Crippen MR) is 75.8 cm³/mol. The van der Waals surface area contributed by atoms with Gasteiger partial charge in [0.05, 0.1) is 11.9 Å². The molecule has 5 heteroatoms. The highest BCUT2D eigenvalue weighted by molar-refractivity contribution is 5.93. The van der Waals surface area contributed by atoms with Gasteiger partial charge in [0.25, 0.3) is 0 Å². The summed E-state index contributed by atoms with van der Waals surface area (Å²) >= 11 is 0. The summed E-state index contributed by atoms with van der Waals surface area (Å²) in [5, 5.41) is 4.03. The van der Waals surface area contributed by atoms with Gasteiger partial charge in [0.2, 0.25) is 5.91 Å². The molecule has 0 saturated carbocycles. The zero-order valence-electron chi connectivity index (χ0n) is 11.2. The fourth-order valence-electron chi connectivity index (χ4n) is 1.99. The van der Waals surface area contributed by atoms with Crippen LogP contribution in [0.25, 0.3) is 0 Å². The number of likely N-dealkylation sites (N-methyl/N-ethyl adjacent to an activating group) is 1. The molecule has 2 N–H and O–H groups in total. The number of nitrogen functional groups attached to an aromatic ring is 1. The van der Waals surface area contributed by atoms with Gasteiger partial charge in [-0.25, -0.2) is 0 Å². The Morgan fingerprint density at radius 2 is 2.26 bits per heavy atom. The molecule has 0 spiro atoms. The van der Waals surface area contributed by atoms with Crippen molar-refractivity contribution in [2.24, 2.45) is 0 Å². The quantitative estimate of drug-likeness (QED) is 0.910. The first-order valence-corrected chi connectivity index (χ1v) is 6.25. The first-order valence-electron chi connectivity index (χ1n) is 6.25. The van der Waals surface area contributed by atoms with Gasteiger partial charge in [0.15, 0.2) is 0 Å². The van der Waals surface area contributed by atoms with E-state index in [-0.39, 0.29) is 12.5 Å². The summed E-state index contributed by atoms with van der Waals surface area (Å²) in [5.41, 5.74) is 8.19. The third-order valence-electron chi connectivity index (χ3n) is 2.88. The molecule has 0 bridgehead atoms. The molecular formula is C14H18N4O. The highest BCUT2D eigenvalue weighted by Crippen LogP contribution is 2.16. The predicted octanol–water partition coefficient (Wildman–Crippen LogP) is 1.83. The van der Waals surface area contributed by atoms with E-state index in [0.717, 1.165) is 11.3 Å². The largest absolute Gasteiger partial charge is 0.396 e. The van der Waals surface area contributed by atoms with Crippen LogP contribution in [0.3, 0.4) is 0 Å². The van der Waals surface area contributed by atoms with Crippen molar-refractivity contribution in [3.8, 4) is 0 Å². The van der Waals surface area contributed by atoms with Crippen LogP contribution in [0.5, 0.6) is 0 Å². The average Bonchev–Trinajstić information content (AvgIpc) is 2.75. The van der Waals surface area contributed by atoms with E-state index in [4.69, 9.17) is 5.73 Å². The van der Waals surface area contributed by atoms with Gasteiger partial charge < -0.3 is 10.6 Å². The molecule has 0 aliphatic heterocycles. The van der Waals surface area contributed by atoms with E-state index in [1.54, 1.807) is 15.8 Å². The fraction of sp³-hybridized carbons (Fsp3) is 0.286. The zero-order valence-corrected chi connectivity index (χ0v) is 11.2. The van der Waals surface area contributed by atoms with E-state index >= 15 is 0 Å². The fourth-order valence-corrected chi connectivity index (χ4v) is 1.99. The molecule has 1 amide bonds. The lowest BCUT2D eigenvalue weighted by Gasteiger charge is -2.21. The number of anilines is 2. The average molecular weight is 258 g/mol. The smallest absolute Gasteiger partial charge is 0.248 e. The molecule has 0 saturated heterocycles. The number of hydrogen-bond donors (Lipinski definition) is 1. The second-order valence-corrected chi connectivity index (χ2v) is 4.45. The number of nitrogens with zero attached hydrogens (tertiary/aromatic N) is 3. The van der Waals surface area contributed by atoms with Crippen molar-refractivity contribution in [3.63, 3.8) is 0 Å². The van der Waals surface area contributed by atoms with Gasteiger partial charge in [-0.2, -0.15) is 5.10 Å². The minimum Gasteiger partial charge on any atom is -0.396 e. The molecule has 1 aromatic heterocycles. The highest BCUT2D eigenvalue weighted by atomic mass is 16.2. The number of aryl methyl sites for hydroxylation is 1. The summed E-state index contributed by atoms with van der Waals surface area (Å²) in [6.45, 7) is 4.78. The molecule has 1 heterocycles. The van der Waals surface area contributed by atoms with E-state index < -0.39 is 0 Å². The van der Waals surface area contributed by atoms with Gasteiger partial charge in [-0.1, -0.05) is 12.1 Å².